The van der Waals surface area contributed by atoms with Gasteiger partial charge in [0.05, 0.1) is 4.88 Å². The van der Waals surface area contributed by atoms with Gasteiger partial charge in [0.25, 0.3) is 5.91 Å². The Morgan fingerprint density at radius 3 is 2.95 bits per heavy atom. The van der Waals surface area contributed by atoms with E-state index in [0.29, 0.717) is 29.6 Å². The first-order valence-corrected chi connectivity index (χ1v) is 7.81. The number of amides is 1. The summed E-state index contributed by atoms with van der Waals surface area (Å²) in [6.07, 6.45) is 0.510. The zero-order valence-electron chi connectivity index (χ0n) is 12.1. The summed E-state index contributed by atoms with van der Waals surface area (Å²) in [6, 6.07) is 11.5. The molecule has 0 saturated carbocycles. The number of carbonyl (C=O) groups excluding carboxylic acids is 1. The molecule has 0 unspecified atom stereocenters. The van der Waals surface area contributed by atoms with Crippen molar-refractivity contribution in [3.8, 4) is 11.5 Å². The third-order valence-electron chi connectivity index (χ3n) is 3.10. The molecule has 0 bridgehead atoms. The summed E-state index contributed by atoms with van der Waals surface area (Å²) in [4.78, 5) is 12.5. The number of thiophene rings is 1. The molecule has 3 aromatic rings. The Hall–Kier alpha value is -2.47. The van der Waals surface area contributed by atoms with Crippen molar-refractivity contribution in [3.05, 3.63) is 58.1 Å². The SMILES string of the molecule is Cc1cccc(-c2nnc(CCNC(=O)c3cccs3)o2)c1. The molecular weight excluding hydrogens is 298 g/mol. The fourth-order valence-corrected chi connectivity index (χ4v) is 2.67. The van der Waals surface area contributed by atoms with Crippen LogP contribution in [0.5, 0.6) is 0 Å². The van der Waals surface area contributed by atoms with E-state index in [4.69, 9.17) is 4.42 Å². The third kappa shape index (κ3) is 3.40. The van der Waals surface area contributed by atoms with E-state index in [1.54, 1.807) is 6.07 Å². The fourth-order valence-electron chi connectivity index (χ4n) is 2.03. The lowest BCUT2D eigenvalue weighted by Gasteiger charge is -2.00. The second kappa shape index (κ2) is 6.53. The van der Waals surface area contributed by atoms with Crippen LogP contribution in [0.25, 0.3) is 11.5 Å². The fraction of sp³-hybridized carbons (Fsp3) is 0.188. The first kappa shape index (κ1) is 14.5. The predicted molar refractivity (Wildman–Crippen MR) is 84.8 cm³/mol. The van der Waals surface area contributed by atoms with Crippen LogP contribution >= 0.6 is 11.3 Å². The van der Waals surface area contributed by atoms with E-state index in [2.05, 4.69) is 15.5 Å². The molecule has 0 saturated heterocycles. The Bertz CT molecular complexity index is 765. The molecule has 1 amide bonds. The molecule has 3 rings (SSSR count). The first-order valence-electron chi connectivity index (χ1n) is 6.93. The maximum Gasteiger partial charge on any atom is 0.261 e. The Morgan fingerprint density at radius 1 is 1.27 bits per heavy atom. The van der Waals surface area contributed by atoms with Crippen molar-refractivity contribution in [3.63, 3.8) is 0 Å². The van der Waals surface area contributed by atoms with Gasteiger partial charge in [-0.1, -0.05) is 23.8 Å². The van der Waals surface area contributed by atoms with Crippen LogP contribution in [0.1, 0.15) is 21.1 Å². The maximum atomic E-state index is 11.8. The van der Waals surface area contributed by atoms with Gasteiger partial charge in [0.1, 0.15) is 0 Å². The summed E-state index contributed by atoms with van der Waals surface area (Å²) in [5.74, 6) is 0.944. The van der Waals surface area contributed by atoms with Gasteiger partial charge in [-0.05, 0) is 30.5 Å². The van der Waals surface area contributed by atoms with Crippen molar-refractivity contribution >= 4 is 17.2 Å². The maximum absolute atomic E-state index is 11.8. The minimum Gasteiger partial charge on any atom is -0.421 e. The number of nitrogens with one attached hydrogen (secondary N) is 1. The lowest BCUT2D eigenvalue weighted by Crippen LogP contribution is -2.24. The average Bonchev–Trinajstić information content (AvgIpc) is 3.19. The molecule has 0 atom stereocenters. The monoisotopic (exact) mass is 313 g/mol. The summed E-state index contributed by atoms with van der Waals surface area (Å²) in [7, 11) is 0. The topological polar surface area (TPSA) is 68.0 Å². The van der Waals surface area contributed by atoms with Crippen LogP contribution < -0.4 is 5.32 Å². The van der Waals surface area contributed by atoms with Crippen molar-refractivity contribution < 1.29 is 9.21 Å². The molecule has 0 aliphatic heterocycles. The predicted octanol–water partition coefficient (Wildman–Crippen LogP) is 3.08. The lowest BCUT2D eigenvalue weighted by atomic mass is 10.1. The van der Waals surface area contributed by atoms with Crippen LogP contribution in [0, 0.1) is 6.92 Å². The summed E-state index contributed by atoms with van der Waals surface area (Å²) in [5.41, 5.74) is 2.04. The van der Waals surface area contributed by atoms with Crippen LogP contribution in [0.15, 0.2) is 46.2 Å². The molecule has 0 aliphatic carbocycles. The smallest absolute Gasteiger partial charge is 0.261 e. The molecule has 5 nitrogen and oxygen atoms in total. The highest BCUT2D eigenvalue weighted by Crippen LogP contribution is 2.18. The molecule has 2 aromatic heterocycles. The molecule has 0 spiro atoms. The number of benzene rings is 1. The second-order valence-corrected chi connectivity index (χ2v) is 5.80. The molecule has 6 heteroatoms. The molecule has 0 radical (unpaired) electrons. The highest BCUT2D eigenvalue weighted by atomic mass is 32.1. The summed E-state index contributed by atoms with van der Waals surface area (Å²) in [6.45, 7) is 2.48. The van der Waals surface area contributed by atoms with E-state index >= 15 is 0 Å². The molecule has 2 heterocycles. The summed E-state index contributed by atoms with van der Waals surface area (Å²) < 4.78 is 5.63. The zero-order chi connectivity index (χ0) is 15.4. The summed E-state index contributed by atoms with van der Waals surface area (Å²) >= 11 is 1.42. The van der Waals surface area contributed by atoms with Crippen LogP contribution in [-0.4, -0.2) is 22.6 Å². The normalized spacial score (nSPS) is 10.6. The van der Waals surface area contributed by atoms with Crippen LogP contribution in [0.2, 0.25) is 0 Å². The van der Waals surface area contributed by atoms with Crippen LogP contribution in [-0.2, 0) is 6.42 Å². The van der Waals surface area contributed by atoms with Gasteiger partial charge >= 0.3 is 0 Å². The number of hydrogen-bond acceptors (Lipinski definition) is 5. The molecule has 1 N–H and O–H groups in total. The number of hydrogen-bond donors (Lipinski definition) is 1. The van der Waals surface area contributed by atoms with Crippen LogP contribution in [0.3, 0.4) is 0 Å². The number of nitrogens with zero attached hydrogens (tertiary/aromatic N) is 2. The van der Waals surface area contributed by atoms with E-state index in [1.807, 2.05) is 42.6 Å². The highest BCUT2D eigenvalue weighted by molar-refractivity contribution is 7.12. The minimum atomic E-state index is -0.0755. The van der Waals surface area contributed by atoms with E-state index in [1.165, 1.54) is 11.3 Å². The largest absolute Gasteiger partial charge is 0.421 e. The van der Waals surface area contributed by atoms with Gasteiger partial charge in [0.15, 0.2) is 0 Å². The molecule has 1 aromatic carbocycles. The molecular formula is C16H15N3O2S. The molecule has 112 valence electrons. The Kier molecular flexibility index (Phi) is 4.29. The van der Waals surface area contributed by atoms with Crippen molar-refractivity contribution in [2.75, 3.05) is 6.54 Å². The van der Waals surface area contributed by atoms with Gasteiger partial charge in [-0.3, -0.25) is 4.79 Å². The van der Waals surface area contributed by atoms with Crippen molar-refractivity contribution in [1.82, 2.24) is 15.5 Å². The minimum absolute atomic E-state index is 0.0755. The van der Waals surface area contributed by atoms with Gasteiger partial charge in [-0.15, -0.1) is 21.5 Å². The molecule has 0 aliphatic rings. The quantitative estimate of drug-likeness (QED) is 0.786. The van der Waals surface area contributed by atoms with E-state index in [-0.39, 0.29) is 5.91 Å². The Labute approximate surface area is 132 Å². The van der Waals surface area contributed by atoms with Gasteiger partial charge in [-0.25, -0.2) is 0 Å². The van der Waals surface area contributed by atoms with Gasteiger partial charge in [0.2, 0.25) is 11.8 Å². The molecule has 0 fully saturated rings. The standard InChI is InChI=1S/C16H15N3O2S/c1-11-4-2-5-12(10-11)16-19-18-14(21-16)7-8-17-15(20)13-6-3-9-22-13/h2-6,9-10H,7-8H2,1H3,(H,17,20). The van der Waals surface area contributed by atoms with Crippen molar-refractivity contribution in [2.24, 2.45) is 0 Å². The Balaban J connectivity index is 1.57. The second-order valence-electron chi connectivity index (χ2n) is 4.85. The van der Waals surface area contributed by atoms with E-state index < -0.39 is 0 Å². The number of rotatable bonds is 5. The average molecular weight is 313 g/mol. The van der Waals surface area contributed by atoms with Crippen molar-refractivity contribution in [1.29, 1.82) is 0 Å². The number of carbonyl (C=O) groups is 1. The Morgan fingerprint density at radius 2 is 2.18 bits per heavy atom. The first-order chi connectivity index (χ1) is 10.7. The zero-order valence-corrected chi connectivity index (χ0v) is 12.9. The molecule has 22 heavy (non-hydrogen) atoms. The van der Waals surface area contributed by atoms with E-state index in [9.17, 15) is 4.79 Å². The van der Waals surface area contributed by atoms with Crippen LogP contribution in [0.4, 0.5) is 0 Å². The summed E-state index contributed by atoms with van der Waals surface area (Å²) in [5, 5.41) is 12.8. The lowest BCUT2D eigenvalue weighted by molar-refractivity contribution is 0.0957. The number of aromatic nitrogens is 2. The third-order valence-corrected chi connectivity index (χ3v) is 3.97. The van der Waals surface area contributed by atoms with Gasteiger partial charge in [-0.2, -0.15) is 0 Å². The van der Waals surface area contributed by atoms with E-state index in [0.717, 1.165) is 11.1 Å². The van der Waals surface area contributed by atoms with Gasteiger partial charge in [0, 0.05) is 18.5 Å². The van der Waals surface area contributed by atoms with Crippen molar-refractivity contribution in [2.45, 2.75) is 13.3 Å². The number of aryl methyl sites for hydroxylation is 1. The highest BCUT2D eigenvalue weighted by Gasteiger charge is 2.10. The van der Waals surface area contributed by atoms with Gasteiger partial charge < -0.3 is 9.73 Å².